The van der Waals surface area contributed by atoms with Crippen molar-refractivity contribution >= 4 is 39.7 Å². The van der Waals surface area contributed by atoms with Crippen LogP contribution in [0.25, 0.3) is 16.5 Å². The fraction of sp³-hybridized carbons (Fsp3) is 0.245. The number of aromatic nitrogens is 2. The summed E-state index contributed by atoms with van der Waals surface area (Å²) in [5.74, 6) is -0.234. The van der Waals surface area contributed by atoms with Crippen LogP contribution in [0.15, 0.2) is 163 Å². The van der Waals surface area contributed by atoms with Gasteiger partial charge in [-0.2, -0.15) is 5.10 Å². The van der Waals surface area contributed by atoms with Crippen LogP contribution in [0.2, 0.25) is 5.02 Å². The van der Waals surface area contributed by atoms with Gasteiger partial charge in [0.1, 0.15) is 22.6 Å². The Morgan fingerprint density at radius 1 is 0.774 bits per heavy atom. The molecule has 1 N–H and O–H groups in total. The third-order valence-corrected chi connectivity index (χ3v) is 13.0. The summed E-state index contributed by atoms with van der Waals surface area (Å²) in [6.07, 6.45) is 4.92. The van der Waals surface area contributed by atoms with Gasteiger partial charge in [0, 0.05) is 56.6 Å². The Hall–Kier alpha value is -6.19. The highest BCUT2D eigenvalue weighted by atomic mass is 35.5. The number of fused-ring (bicyclic) bond motifs is 1. The van der Waals surface area contributed by atoms with Gasteiger partial charge in [0.05, 0.1) is 23.7 Å². The minimum absolute atomic E-state index is 0.0991. The molecule has 314 valence electrons. The van der Waals surface area contributed by atoms with Crippen LogP contribution in [-0.4, -0.2) is 72.2 Å². The molecule has 62 heavy (non-hydrogen) atoms. The molecule has 0 radical (unpaired) electrons. The molecule has 1 saturated heterocycles. The average Bonchev–Trinajstić information content (AvgIpc) is 3.74. The zero-order valence-electron chi connectivity index (χ0n) is 35.2. The van der Waals surface area contributed by atoms with Crippen LogP contribution in [0.4, 0.5) is 5.69 Å². The molecule has 9 heteroatoms. The fourth-order valence-electron chi connectivity index (χ4n) is 9.74. The number of carboxylic acid groups (broad SMARTS) is 1. The van der Waals surface area contributed by atoms with E-state index in [1.165, 1.54) is 16.7 Å². The molecule has 0 amide bonds. The lowest BCUT2D eigenvalue weighted by molar-refractivity contribution is 0.0694. The third kappa shape index (κ3) is 8.02. The Balaban J connectivity index is 1.01. The minimum atomic E-state index is -1.05. The second kappa shape index (κ2) is 17.7. The van der Waals surface area contributed by atoms with Crippen LogP contribution >= 0.6 is 11.6 Å². The minimum Gasteiger partial charge on any atom is -0.478 e. The summed E-state index contributed by atoms with van der Waals surface area (Å²) in [6, 6.07) is 50.9. The molecule has 9 rings (SSSR count). The number of anilines is 1. The van der Waals surface area contributed by atoms with Crippen LogP contribution in [0.1, 0.15) is 58.8 Å². The Morgan fingerprint density at radius 3 is 2.00 bits per heavy atom. The van der Waals surface area contributed by atoms with Gasteiger partial charge >= 0.3 is 5.97 Å². The molecule has 1 aliphatic heterocycles. The van der Waals surface area contributed by atoms with Crippen LogP contribution in [-0.2, 0) is 10.3 Å². The molecule has 0 spiro atoms. The van der Waals surface area contributed by atoms with Crippen molar-refractivity contribution in [3.8, 4) is 11.5 Å². The average molecular weight is 843 g/mol. The first-order valence-corrected chi connectivity index (χ1v) is 21.8. The van der Waals surface area contributed by atoms with Gasteiger partial charge in [-0.15, -0.1) is 0 Å². The number of carbonyl (C=O) groups is 1. The number of carboxylic acids is 1. The van der Waals surface area contributed by atoms with Gasteiger partial charge in [-0.05, 0) is 88.9 Å². The van der Waals surface area contributed by atoms with E-state index in [0.29, 0.717) is 5.75 Å². The van der Waals surface area contributed by atoms with Crippen LogP contribution in [0, 0.1) is 5.41 Å². The van der Waals surface area contributed by atoms with E-state index < -0.39 is 11.5 Å². The Morgan fingerprint density at radius 2 is 1.40 bits per heavy atom. The maximum Gasteiger partial charge on any atom is 0.339 e. The summed E-state index contributed by atoms with van der Waals surface area (Å²) in [7, 11) is 1.80. The van der Waals surface area contributed by atoms with E-state index in [1.54, 1.807) is 13.2 Å². The number of ether oxygens (including phenoxy) is 2. The second-order valence-corrected chi connectivity index (χ2v) is 17.4. The predicted octanol–water partition coefficient (Wildman–Crippen LogP) is 11.4. The summed E-state index contributed by atoms with van der Waals surface area (Å²) < 4.78 is 14.4. The lowest BCUT2D eigenvalue weighted by Gasteiger charge is -2.40. The summed E-state index contributed by atoms with van der Waals surface area (Å²) >= 11 is 6.28. The van der Waals surface area contributed by atoms with Crippen LogP contribution < -0.4 is 9.64 Å². The van der Waals surface area contributed by atoms with Crippen molar-refractivity contribution in [3.63, 3.8) is 0 Å². The highest BCUT2D eigenvalue weighted by molar-refractivity contribution is 6.30. The van der Waals surface area contributed by atoms with Crippen molar-refractivity contribution in [3.05, 3.63) is 196 Å². The monoisotopic (exact) mass is 842 g/mol. The fourth-order valence-corrected chi connectivity index (χ4v) is 9.87. The first-order valence-electron chi connectivity index (χ1n) is 21.4. The van der Waals surface area contributed by atoms with E-state index in [9.17, 15) is 9.90 Å². The molecule has 2 heterocycles. The van der Waals surface area contributed by atoms with Crippen molar-refractivity contribution in [2.24, 2.45) is 5.41 Å². The highest BCUT2D eigenvalue weighted by Crippen LogP contribution is 2.45. The number of piperazine rings is 1. The second-order valence-electron chi connectivity index (χ2n) is 16.9. The van der Waals surface area contributed by atoms with Crippen LogP contribution in [0.3, 0.4) is 0 Å². The normalized spacial score (nSPS) is 17.4. The van der Waals surface area contributed by atoms with Crippen molar-refractivity contribution in [2.75, 3.05) is 51.3 Å². The van der Waals surface area contributed by atoms with E-state index in [0.717, 1.165) is 96.9 Å². The maximum absolute atomic E-state index is 12.7. The lowest BCUT2D eigenvalue weighted by Crippen LogP contribution is -2.47. The molecule has 2 aliphatic rings. The molecule has 0 saturated carbocycles. The Labute approximate surface area is 368 Å². The number of aromatic carboxylic acids is 1. The Kier molecular flexibility index (Phi) is 11.7. The quantitative estimate of drug-likeness (QED) is 0.116. The molecule has 1 fully saturated rings. The number of hydrogen-bond donors (Lipinski definition) is 1. The van der Waals surface area contributed by atoms with Gasteiger partial charge in [0.2, 0.25) is 0 Å². The number of nitrogens with zero attached hydrogens (tertiary/aromatic N) is 4. The SMILES string of the molecule is COCC1(C)CCC(c2ccc(Cl)cc2)=C(CN2CCN(c3ccc(C(=O)O)c(Oc4cccc5c4cnn5C(c4ccccc4)(c4ccccc4)c4ccccc4)c3)CC2)C1. The van der Waals surface area contributed by atoms with Gasteiger partial charge in [-0.3, -0.25) is 4.90 Å². The molecule has 1 aliphatic carbocycles. The van der Waals surface area contributed by atoms with Crippen molar-refractivity contribution in [1.29, 1.82) is 0 Å². The van der Waals surface area contributed by atoms with E-state index in [1.807, 2.05) is 66.9 Å². The molecule has 1 atom stereocenters. The standard InChI is InChI=1S/C53H51ClN4O4/c1-52(37-61-2)28-27-45(38-21-23-43(54)24-22-38)39(34-52)36-56-29-31-57(32-30-56)44-25-26-46(51(59)60)50(33-44)62-49-20-12-19-48-47(49)35-55-58(48)53(40-13-6-3-7-14-40,41-15-8-4-9-16-41)42-17-10-5-11-18-42/h3-26,33,35H,27-32,34,36-37H2,1-2H3,(H,59,60). The molecule has 6 aromatic carbocycles. The van der Waals surface area contributed by atoms with Crippen LogP contribution in [0.5, 0.6) is 11.5 Å². The number of hydrogen-bond acceptors (Lipinski definition) is 6. The number of halogens is 1. The molecule has 8 nitrogen and oxygen atoms in total. The van der Waals surface area contributed by atoms with Crippen molar-refractivity contribution in [1.82, 2.24) is 14.7 Å². The summed E-state index contributed by atoms with van der Waals surface area (Å²) in [5, 5.41) is 17.0. The van der Waals surface area contributed by atoms with E-state index in [2.05, 4.69) is 106 Å². The first kappa shape index (κ1) is 41.2. The smallest absolute Gasteiger partial charge is 0.339 e. The number of benzene rings is 6. The molecule has 1 unspecified atom stereocenters. The number of rotatable bonds is 13. The highest BCUT2D eigenvalue weighted by Gasteiger charge is 2.40. The van der Waals surface area contributed by atoms with E-state index >= 15 is 0 Å². The van der Waals surface area contributed by atoms with E-state index in [-0.39, 0.29) is 16.7 Å². The molecule has 0 bridgehead atoms. The summed E-state index contributed by atoms with van der Waals surface area (Å²) in [5.41, 5.74) is 8.45. The van der Waals surface area contributed by atoms with Crippen molar-refractivity contribution < 1.29 is 19.4 Å². The first-order chi connectivity index (χ1) is 30.3. The van der Waals surface area contributed by atoms with Gasteiger partial charge in [0.15, 0.2) is 0 Å². The summed E-state index contributed by atoms with van der Waals surface area (Å²) in [6.45, 7) is 7.32. The van der Waals surface area contributed by atoms with Crippen molar-refractivity contribution in [2.45, 2.75) is 31.7 Å². The Bertz CT molecular complexity index is 2600. The number of allylic oxidation sites excluding steroid dienone is 1. The topological polar surface area (TPSA) is 80.1 Å². The van der Waals surface area contributed by atoms with Gasteiger partial charge in [0.25, 0.3) is 0 Å². The molecular formula is C53H51ClN4O4. The zero-order chi connectivity index (χ0) is 42.7. The zero-order valence-corrected chi connectivity index (χ0v) is 36.0. The molecular weight excluding hydrogens is 792 g/mol. The van der Waals surface area contributed by atoms with Gasteiger partial charge in [-0.25, -0.2) is 9.48 Å². The van der Waals surface area contributed by atoms with Gasteiger partial charge < -0.3 is 19.5 Å². The van der Waals surface area contributed by atoms with E-state index in [4.69, 9.17) is 26.2 Å². The molecule has 1 aromatic heterocycles. The third-order valence-electron chi connectivity index (χ3n) is 12.8. The summed E-state index contributed by atoms with van der Waals surface area (Å²) in [4.78, 5) is 17.6. The predicted molar refractivity (Wildman–Crippen MR) is 249 cm³/mol. The lowest BCUT2D eigenvalue weighted by atomic mass is 9.72. The largest absolute Gasteiger partial charge is 0.478 e. The maximum atomic E-state index is 12.7. The van der Waals surface area contributed by atoms with Gasteiger partial charge in [-0.1, -0.05) is 133 Å². The molecule has 7 aromatic rings. The number of methoxy groups -OCH3 is 1.